The molecule has 0 spiro atoms. The molecule has 0 unspecified atom stereocenters. The van der Waals surface area contributed by atoms with Crippen LogP contribution in [0.5, 0.6) is 0 Å². The normalized spacial score (nSPS) is 17.2. The molecule has 1 saturated heterocycles. The molecule has 0 aromatic heterocycles. The van der Waals surface area contributed by atoms with E-state index in [1.807, 2.05) is 0 Å². The maximum Gasteiger partial charge on any atom is 0.243 e. The number of benzene rings is 2. The van der Waals surface area contributed by atoms with Crippen molar-refractivity contribution >= 4 is 27.5 Å². The lowest BCUT2D eigenvalue weighted by molar-refractivity contribution is -0.124. The second-order valence-corrected chi connectivity index (χ2v) is 9.63. The lowest BCUT2D eigenvalue weighted by atomic mass is 10.0. The minimum atomic E-state index is -3.65. The summed E-state index contributed by atoms with van der Waals surface area (Å²) < 4.78 is 45.5. The molecule has 170 valence electrons. The Morgan fingerprint density at radius 3 is 2.50 bits per heavy atom. The van der Waals surface area contributed by atoms with Crippen LogP contribution >= 0.6 is 0 Å². The quantitative estimate of drug-likeness (QED) is 0.703. The number of nitrogens with one attached hydrogen (secondary N) is 1. The number of sulfonamides is 1. The van der Waals surface area contributed by atoms with E-state index in [1.54, 1.807) is 24.3 Å². The molecule has 2 aromatic rings. The number of hydrogen-bond acceptors (Lipinski definition) is 5. The summed E-state index contributed by atoms with van der Waals surface area (Å²) in [4.78, 5) is 26.5. The van der Waals surface area contributed by atoms with Gasteiger partial charge in [0.25, 0.3) is 0 Å². The predicted octanol–water partition coefficient (Wildman–Crippen LogP) is 1.44. The number of carbonyl (C=O) groups excluding carboxylic acids is 2. The fourth-order valence-electron chi connectivity index (χ4n) is 3.81. The molecule has 2 aliphatic rings. The minimum Gasteiger partial charge on any atom is -0.379 e. The summed E-state index contributed by atoms with van der Waals surface area (Å²) in [5.41, 5.74) is 1.99. The fourth-order valence-corrected chi connectivity index (χ4v) is 5.27. The van der Waals surface area contributed by atoms with Crippen LogP contribution in [0.25, 0.3) is 0 Å². The van der Waals surface area contributed by atoms with Crippen molar-refractivity contribution in [3.05, 3.63) is 59.4 Å². The van der Waals surface area contributed by atoms with Crippen molar-refractivity contribution in [2.75, 3.05) is 37.7 Å². The molecule has 0 radical (unpaired) electrons. The first kappa shape index (κ1) is 22.4. The summed E-state index contributed by atoms with van der Waals surface area (Å²) in [6.45, 7) is 1.36. The third kappa shape index (κ3) is 4.82. The number of morpholine rings is 1. The maximum atomic E-state index is 13.0. The van der Waals surface area contributed by atoms with Crippen LogP contribution in [-0.2, 0) is 37.3 Å². The molecule has 2 aromatic carbocycles. The minimum absolute atomic E-state index is 0.174. The van der Waals surface area contributed by atoms with Gasteiger partial charge in [-0.25, -0.2) is 12.8 Å². The molecule has 10 heteroatoms. The Hall–Kier alpha value is -2.82. The van der Waals surface area contributed by atoms with Crippen LogP contribution in [0.2, 0.25) is 0 Å². The molecule has 0 aliphatic carbocycles. The number of rotatable bonds is 6. The molecular formula is C22H24FN3O5S. The molecule has 0 saturated carbocycles. The zero-order chi connectivity index (χ0) is 22.7. The third-order valence-corrected chi connectivity index (χ3v) is 7.46. The third-order valence-electron chi connectivity index (χ3n) is 5.56. The molecule has 32 heavy (non-hydrogen) atoms. The molecule has 0 bridgehead atoms. The van der Waals surface area contributed by atoms with Crippen LogP contribution < -0.4 is 10.2 Å². The summed E-state index contributed by atoms with van der Waals surface area (Å²) in [7, 11) is -3.65. The SMILES string of the molecule is O=C(CN1C(=O)CCc2cc(S(=O)(=O)N3CCOCC3)ccc21)NCc1ccc(F)cc1. The van der Waals surface area contributed by atoms with Crippen molar-refractivity contribution in [1.82, 2.24) is 9.62 Å². The molecule has 8 nitrogen and oxygen atoms in total. The van der Waals surface area contributed by atoms with Gasteiger partial charge in [-0.15, -0.1) is 0 Å². The zero-order valence-electron chi connectivity index (χ0n) is 17.4. The van der Waals surface area contributed by atoms with E-state index in [2.05, 4.69) is 5.32 Å². The smallest absolute Gasteiger partial charge is 0.243 e. The maximum absolute atomic E-state index is 13.0. The van der Waals surface area contributed by atoms with Gasteiger partial charge in [-0.1, -0.05) is 12.1 Å². The lowest BCUT2D eigenvalue weighted by Gasteiger charge is -2.30. The van der Waals surface area contributed by atoms with E-state index in [1.165, 1.54) is 27.4 Å². The van der Waals surface area contributed by atoms with Gasteiger partial charge < -0.3 is 15.0 Å². The Labute approximate surface area is 186 Å². The average molecular weight is 462 g/mol. The number of ether oxygens (including phenoxy) is 1. The van der Waals surface area contributed by atoms with Crippen molar-refractivity contribution in [3.8, 4) is 0 Å². The summed E-state index contributed by atoms with van der Waals surface area (Å²) in [5, 5.41) is 2.73. The number of aryl methyl sites for hydroxylation is 1. The molecule has 2 aliphatic heterocycles. The van der Waals surface area contributed by atoms with Crippen LogP contribution in [0.1, 0.15) is 17.5 Å². The Kier molecular flexibility index (Phi) is 6.54. The monoisotopic (exact) mass is 461 g/mol. The van der Waals surface area contributed by atoms with Crippen LogP contribution in [0.15, 0.2) is 47.4 Å². The molecule has 1 N–H and O–H groups in total. The molecule has 2 heterocycles. The predicted molar refractivity (Wildman–Crippen MR) is 115 cm³/mol. The fraction of sp³-hybridized carbons (Fsp3) is 0.364. The van der Waals surface area contributed by atoms with Gasteiger partial charge in [0.15, 0.2) is 0 Å². The van der Waals surface area contributed by atoms with Crippen molar-refractivity contribution < 1.29 is 27.1 Å². The molecule has 2 amide bonds. The van der Waals surface area contributed by atoms with Crippen molar-refractivity contribution in [2.45, 2.75) is 24.3 Å². The molecule has 1 fully saturated rings. The Balaban J connectivity index is 1.47. The number of nitrogens with zero attached hydrogens (tertiary/aromatic N) is 2. The van der Waals surface area contributed by atoms with Crippen molar-refractivity contribution in [2.24, 2.45) is 0 Å². The van der Waals surface area contributed by atoms with E-state index < -0.39 is 10.0 Å². The van der Waals surface area contributed by atoms with E-state index in [0.717, 1.165) is 5.56 Å². The van der Waals surface area contributed by atoms with Crippen LogP contribution in [-0.4, -0.2) is 57.4 Å². The van der Waals surface area contributed by atoms with Crippen molar-refractivity contribution in [1.29, 1.82) is 0 Å². The van der Waals surface area contributed by atoms with Gasteiger partial charge in [0, 0.05) is 31.7 Å². The van der Waals surface area contributed by atoms with E-state index >= 15 is 0 Å². The summed E-state index contributed by atoms with van der Waals surface area (Å²) in [6.07, 6.45) is 0.605. The number of anilines is 1. The van der Waals surface area contributed by atoms with Gasteiger partial charge in [0.1, 0.15) is 12.4 Å². The standard InChI is InChI=1S/C22H24FN3O5S/c23-18-4-1-16(2-5-18)14-24-21(27)15-26-20-7-6-19(13-17(20)3-8-22(26)28)32(29,30)25-9-11-31-12-10-25/h1-2,4-7,13H,3,8-12,14-15H2,(H,24,27). The number of amides is 2. The van der Waals surface area contributed by atoms with E-state index in [4.69, 9.17) is 4.74 Å². The van der Waals surface area contributed by atoms with Gasteiger partial charge >= 0.3 is 0 Å². The Morgan fingerprint density at radius 1 is 1.06 bits per heavy atom. The second kappa shape index (κ2) is 9.35. The average Bonchev–Trinajstić information content (AvgIpc) is 2.81. The number of fused-ring (bicyclic) bond motifs is 1. The molecule has 4 rings (SSSR count). The Morgan fingerprint density at radius 2 is 1.78 bits per heavy atom. The lowest BCUT2D eigenvalue weighted by Crippen LogP contribution is -2.43. The van der Waals surface area contributed by atoms with Crippen LogP contribution in [0.4, 0.5) is 10.1 Å². The number of hydrogen-bond donors (Lipinski definition) is 1. The highest BCUT2D eigenvalue weighted by Crippen LogP contribution is 2.31. The van der Waals surface area contributed by atoms with E-state index in [0.29, 0.717) is 44.0 Å². The number of halogens is 1. The van der Waals surface area contributed by atoms with E-state index in [9.17, 15) is 22.4 Å². The topological polar surface area (TPSA) is 96.0 Å². The summed E-state index contributed by atoms with van der Waals surface area (Å²) >= 11 is 0. The van der Waals surface area contributed by atoms with Gasteiger partial charge in [-0.2, -0.15) is 4.31 Å². The molecule has 0 atom stereocenters. The Bertz CT molecular complexity index is 1110. The highest BCUT2D eigenvalue weighted by molar-refractivity contribution is 7.89. The van der Waals surface area contributed by atoms with Crippen LogP contribution in [0.3, 0.4) is 0 Å². The van der Waals surface area contributed by atoms with Gasteiger partial charge in [0.2, 0.25) is 21.8 Å². The number of carbonyl (C=O) groups is 2. The highest BCUT2D eigenvalue weighted by atomic mass is 32.2. The van der Waals surface area contributed by atoms with E-state index in [-0.39, 0.29) is 42.0 Å². The highest BCUT2D eigenvalue weighted by Gasteiger charge is 2.30. The first-order valence-corrected chi connectivity index (χ1v) is 11.8. The second-order valence-electron chi connectivity index (χ2n) is 7.69. The summed E-state index contributed by atoms with van der Waals surface area (Å²) in [6, 6.07) is 10.4. The van der Waals surface area contributed by atoms with Gasteiger partial charge in [-0.05, 0) is 47.9 Å². The molecular weight excluding hydrogens is 437 g/mol. The largest absolute Gasteiger partial charge is 0.379 e. The van der Waals surface area contributed by atoms with Gasteiger partial charge in [0.05, 0.1) is 18.1 Å². The zero-order valence-corrected chi connectivity index (χ0v) is 18.2. The van der Waals surface area contributed by atoms with Crippen molar-refractivity contribution in [3.63, 3.8) is 0 Å². The van der Waals surface area contributed by atoms with Gasteiger partial charge in [-0.3, -0.25) is 9.59 Å². The van der Waals surface area contributed by atoms with Crippen LogP contribution in [0, 0.1) is 5.82 Å². The first-order chi connectivity index (χ1) is 15.3. The first-order valence-electron chi connectivity index (χ1n) is 10.4. The summed E-state index contributed by atoms with van der Waals surface area (Å²) in [5.74, 6) is -0.913.